The number of benzene rings is 1. The Balaban J connectivity index is 0.00000312. The Hall–Kier alpha value is -1.45. The van der Waals surface area contributed by atoms with Gasteiger partial charge in [-0.1, -0.05) is 19.3 Å². The fourth-order valence-corrected chi connectivity index (χ4v) is 2.77. The Morgan fingerprint density at radius 1 is 1.20 bits per heavy atom. The van der Waals surface area contributed by atoms with Crippen LogP contribution < -0.4 is 16.0 Å². The van der Waals surface area contributed by atoms with E-state index < -0.39 is 11.6 Å². The molecule has 2 rings (SSSR count). The smallest absolute Gasteiger partial charge is 0.239 e. The first-order chi connectivity index (χ1) is 11.6. The molecule has 140 valence electrons. The van der Waals surface area contributed by atoms with Crippen molar-refractivity contribution in [3.63, 3.8) is 0 Å². The Kier molecular flexibility index (Phi) is 9.69. The predicted molar refractivity (Wildman–Crippen MR) is 105 cm³/mol. The van der Waals surface area contributed by atoms with Gasteiger partial charge in [-0.25, -0.2) is 8.78 Å². The molecule has 1 aromatic rings. The number of amides is 1. The number of nitrogens with one attached hydrogen (secondary N) is 3. The van der Waals surface area contributed by atoms with E-state index >= 15 is 0 Å². The Morgan fingerprint density at radius 3 is 2.60 bits per heavy atom. The maximum atomic E-state index is 13.6. The molecule has 0 spiro atoms. The summed E-state index contributed by atoms with van der Waals surface area (Å²) in [6.45, 7) is 0.162. The summed E-state index contributed by atoms with van der Waals surface area (Å²) < 4.78 is 26.7. The second kappa shape index (κ2) is 11.2. The summed E-state index contributed by atoms with van der Waals surface area (Å²) in [5, 5.41) is 8.73. The van der Waals surface area contributed by atoms with Crippen molar-refractivity contribution in [2.24, 2.45) is 4.99 Å². The first-order valence-electron chi connectivity index (χ1n) is 8.26. The summed E-state index contributed by atoms with van der Waals surface area (Å²) in [6, 6.07) is 3.54. The van der Waals surface area contributed by atoms with Gasteiger partial charge in [-0.15, -0.1) is 24.0 Å². The number of halogens is 3. The number of rotatable bonds is 5. The standard InChI is InChI=1S/C17H24F2N4O.HI/c1-20-17(21-10-12-9-13(18)7-8-15(12)19)22-11-16(24)23-14-5-3-2-4-6-14;/h7-9,14H,2-6,10-11H2,1H3,(H,23,24)(H2,20,21,22);1H. The van der Waals surface area contributed by atoms with E-state index in [9.17, 15) is 13.6 Å². The zero-order valence-electron chi connectivity index (χ0n) is 14.3. The zero-order chi connectivity index (χ0) is 17.4. The van der Waals surface area contributed by atoms with E-state index in [-0.39, 0.29) is 54.6 Å². The summed E-state index contributed by atoms with van der Waals surface area (Å²) >= 11 is 0. The highest BCUT2D eigenvalue weighted by Crippen LogP contribution is 2.17. The van der Waals surface area contributed by atoms with Crippen LogP contribution in [0.15, 0.2) is 23.2 Å². The second-order valence-corrected chi connectivity index (χ2v) is 5.92. The summed E-state index contributed by atoms with van der Waals surface area (Å²) in [5.74, 6) is -0.725. The van der Waals surface area contributed by atoms with Crippen molar-refractivity contribution in [1.82, 2.24) is 16.0 Å². The quantitative estimate of drug-likeness (QED) is 0.355. The van der Waals surface area contributed by atoms with E-state index in [1.54, 1.807) is 7.05 Å². The lowest BCUT2D eigenvalue weighted by Crippen LogP contribution is -2.45. The van der Waals surface area contributed by atoms with Crippen molar-refractivity contribution < 1.29 is 13.6 Å². The molecule has 1 saturated carbocycles. The third kappa shape index (κ3) is 7.54. The van der Waals surface area contributed by atoms with Crippen LogP contribution >= 0.6 is 24.0 Å². The van der Waals surface area contributed by atoms with Gasteiger partial charge in [-0.05, 0) is 31.0 Å². The third-order valence-corrected chi connectivity index (χ3v) is 4.06. The molecule has 0 aliphatic heterocycles. The summed E-state index contributed by atoms with van der Waals surface area (Å²) in [6.07, 6.45) is 5.59. The highest BCUT2D eigenvalue weighted by atomic mass is 127. The molecular weight excluding hydrogens is 441 g/mol. The molecule has 0 bridgehead atoms. The number of carbonyl (C=O) groups excluding carboxylic acids is 1. The number of hydrogen-bond acceptors (Lipinski definition) is 2. The van der Waals surface area contributed by atoms with Crippen molar-refractivity contribution in [2.45, 2.75) is 44.7 Å². The van der Waals surface area contributed by atoms with Crippen molar-refractivity contribution in [3.05, 3.63) is 35.4 Å². The maximum Gasteiger partial charge on any atom is 0.239 e. The molecule has 0 unspecified atom stereocenters. The van der Waals surface area contributed by atoms with Crippen LogP contribution in [0.5, 0.6) is 0 Å². The molecule has 0 radical (unpaired) electrons. The molecule has 1 fully saturated rings. The molecule has 3 N–H and O–H groups in total. The molecule has 0 atom stereocenters. The second-order valence-electron chi connectivity index (χ2n) is 5.92. The van der Waals surface area contributed by atoms with Gasteiger partial charge in [0, 0.05) is 25.2 Å². The number of carbonyl (C=O) groups is 1. The van der Waals surface area contributed by atoms with Crippen LogP contribution in [0.4, 0.5) is 8.78 Å². The SMILES string of the molecule is CN=C(NCC(=O)NC1CCCCC1)NCc1cc(F)ccc1F.I. The van der Waals surface area contributed by atoms with Crippen molar-refractivity contribution in [2.75, 3.05) is 13.6 Å². The van der Waals surface area contributed by atoms with Gasteiger partial charge in [0.25, 0.3) is 0 Å². The average molecular weight is 466 g/mol. The summed E-state index contributed by atoms with van der Waals surface area (Å²) in [7, 11) is 1.55. The van der Waals surface area contributed by atoms with Crippen molar-refractivity contribution >= 4 is 35.8 Å². The summed E-state index contributed by atoms with van der Waals surface area (Å²) in [5.41, 5.74) is 0.199. The van der Waals surface area contributed by atoms with Crippen LogP contribution in [0.3, 0.4) is 0 Å². The van der Waals surface area contributed by atoms with Crippen LogP contribution in [-0.4, -0.2) is 31.5 Å². The number of nitrogens with zero attached hydrogens (tertiary/aromatic N) is 1. The highest BCUT2D eigenvalue weighted by Gasteiger charge is 2.15. The zero-order valence-corrected chi connectivity index (χ0v) is 16.6. The fraction of sp³-hybridized carbons (Fsp3) is 0.529. The van der Waals surface area contributed by atoms with E-state index in [1.807, 2.05) is 0 Å². The Morgan fingerprint density at radius 2 is 1.92 bits per heavy atom. The predicted octanol–water partition coefficient (Wildman–Crippen LogP) is 2.70. The van der Waals surface area contributed by atoms with Crippen LogP contribution in [0.25, 0.3) is 0 Å². The van der Waals surface area contributed by atoms with Gasteiger partial charge in [-0.2, -0.15) is 0 Å². The Labute approximate surface area is 164 Å². The first-order valence-corrected chi connectivity index (χ1v) is 8.26. The fourth-order valence-electron chi connectivity index (χ4n) is 2.77. The van der Waals surface area contributed by atoms with Crippen LogP contribution in [0, 0.1) is 11.6 Å². The van der Waals surface area contributed by atoms with E-state index in [2.05, 4.69) is 20.9 Å². The monoisotopic (exact) mass is 466 g/mol. The van der Waals surface area contributed by atoms with E-state index in [0.717, 1.165) is 43.9 Å². The number of hydrogen-bond donors (Lipinski definition) is 3. The van der Waals surface area contributed by atoms with Gasteiger partial charge >= 0.3 is 0 Å². The minimum absolute atomic E-state index is 0. The van der Waals surface area contributed by atoms with Crippen molar-refractivity contribution in [3.8, 4) is 0 Å². The molecule has 8 heteroatoms. The van der Waals surface area contributed by atoms with E-state index in [4.69, 9.17) is 0 Å². The minimum Gasteiger partial charge on any atom is -0.352 e. The first kappa shape index (κ1) is 21.6. The number of aliphatic imine (C=N–C) groups is 1. The highest BCUT2D eigenvalue weighted by molar-refractivity contribution is 14.0. The number of guanidine groups is 1. The van der Waals surface area contributed by atoms with Gasteiger partial charge < -0.3 is 16.0 Å². The molecule has 0 saturated heterocycles. The van der Waals surface area contributed by atoms with E-state index in [0.29, 0.717) is 5.96 Å². The molecule has 25 heavy (non-hydrogen) atoms. The van der Waals surface area contributed by atoms with Gasteiger partial charge in [0.2, 0.25) is 5.91 Å². The molecular formula is C17H25F2IN4O. The minimum atomic E-state index is -0.497. The lowest BCUT2D eigenvalue weighted by Gasteiger charge is -2.23. The van der Waals surface area contributed by atoms with Gasteiger partial charge in [-0.3, -0.25) is 9.79 Å². The van der Waals surface area contributed by atoms with Gasteiger partial charge in [0.1, 0.15) is 11.6 Å². The van der Waals surface area contributed by atoms with Crippen LogP contribution in [0.2, 0.25) is 0 Å². The molecule has 0 aromatic heterocycles. The third-order valence-electron chi connectivity index (χ3n) is 4.06. The molecule has 1 amide bonds. The van der Waals surface area contributed by atoms with Crippen LogP contribution in [0.1, 0.15) is 37.7 Å². The Bertz CT molecular complexity index is 592. The molecule has 5 nitrogen and oxygen atoms in total. The lowest BCUT2D eigenvalue weighted by atomic mass is 9.95. The maximum absolute atomic E-state index is 13.6. The topological polar surface area (TPSA) is 65.5 Å². The lowest BCUT2D eigenvalue weighted by molar-refractivity contribution is -0.120. The summed E-state index contributed by atoms with van der Waals surface area (Å²) in [4.78, 5) is 15.9. The van der Waals surface area contributed by atoms with E-state index in [1.165, 1.54) is 6.42 Å². The normalized spacial score (nSPS) is 15.2. The van der Waals surface area contributed by atoms with Gasteiger partial charge in [0.05, 0.1) is 6.54 Å². The van der Waals surface area contributed by atoms with Gasteiger partial charge in [0.15, 0.2) is 5.96 Å². The van der Waals surface area contributed by atoms with Crippen molar-refractivity contribution in [1.29, 1.82) is 0 Å². The molecule has 1 aromatic carbocycles. The van der Waals surface area contributed by atoms with Crippen LogP contribution in [-0.2, 0) is 11.3 Å². The largest absolute Gasteiger partial charge is 0.352 e. The molecule has 1 aliphatic rings. The molecule has 1 aliphatic carbocycles. The molecule has 0 heterocycles. The average Bonchev–Trinajstić information content (AvgIpc) is 2.58.